The number of thiophene rings is 1. The standard InChI is InChI=1S/C12H12FN3OS/c13-8-3-1-7(2-4-8)6-16-10-5-9(14)11(18-10)12(15)17/h1-5,16H,6,14H2,(H2,15,17). The van der Waals surface area contributed by atoms with E-state index in [0.717, 1.165) is 10.6 Å². The van der Waals surface area contributed by atoms with Gasteiger partial charge in [0.15, 0.2) is 0 Å². The second-order valence-electron chi connectivity index (χ2n) is 3.74. The largest absolute Gasteiger partial charge is 0.397 e. The lowest BCUT2D eigenvalue weighted by Crippen LogP contribution is -2.10. The Kier molecular flexibility index (Phi) is 3.47. The molecular formula is C12H12FN3OS. The smallest absolute Gasteiger partial charge is 0.260 e. The van der Waals surface area contributed by atoms with E-state index in [4.69, 9.17) is 11.5 Å². The minimum absolute atomic E-state index is 0.268. The zero-order chi connectivity index (χ0) is 13.1. The van der Waals surface area contributed by atoms with Crippen LogP contribution in [0.3, 0.4) is 0 Å². The van der Waals surface area contributed by atoms with Crippen LogP contribution in [0.15, 0.2) is 30.3 Å². The highest BCUT2D eigenvalue weighted by Crippen LogP contribution is 2.28. The molecule has 94 valence electrons. The van der Waals surface area contributed by atoms with Crippen molar-refractivity contribution in [3.63, 3.8) is 0 Å². The fraction of sp³-hybridized carbons (Fsp3) is 0.0833. The molecule has 0 saturated carbocycles. The first-order valence-electron chi connectivity index (χ1n) is 5.23. The van der Waals surface area contributed by atoms with Gasteiger partial charge in [-0.2, -0.15) is 0 Å². The van der Waals surface area contributed by atoms with E-state index in [2.05, 4.69) is 5.32 Å². The van der Waals surface area contributed by atoms with Gasteiger partial charge in [0.2, 0.25) is 0 Å². The summed E-state index contributed by atoms with van der Waals surface area (Å²) in [5.41, 5.74) is 12.1. The van der Waals surface area contributed by atoms with Gasteiger partial charge in [0.05, 0.1) is 10.7 Å². The molecule has 5 N–H and O–H groups in total. The minimum Gasteiger partial charge on any atom is -0.397 e. The van der Waals surface area contributed by atoms with E-state index < -0.39 is 5.91 Å². The van der Waals surface area contributed by atoms with Crippen LogP contribution in [0.4, 0.5) is 15.1 Å². The van der Waals surface area contributed by atoms with Crippen LogP contribution in [0.25, 0.3) is 0 Å². The minimum atomic E-state index is -0.535. The van der Waals surface area contributed by atoms with Gasteiger partial charge in [-0.05, 0) is 23.8 Å². The summed E-state index contributed by atoms with van der Waals surface area (Å²) in [7, 11) is 0. The quantitative estimate of drug-likeness (QED) is 0.792. The van der Waals surface area contributed by atoms with Crippen molar-refractivity contribution in [1.29, 1.82) is 0 Å². The van der Waals surface area contributed by atoms with E-state index >= 15 is 0 Å². The van der Waals surface area contributed by atoms with Crippen LogP contribution in [0.2, 0.25) is 0 Å². The average Bonchev–Trinajstić information content (AvgIpc) is 2.70. The molecule has 0 atom stereocenters. The van der Waals surface area contributed by atoms with E-state index in [-0.39, 0.29) is 5.82 Å². The van der Waals surface area contributed by atoms with Gasteiger partial charge in [-0.1, -0.05) is 12.1 Å². The monoisotopic (exact) mass is 265 g/mol. The number of nitrogen functional groups attached to an aromatic ring is 1. The summed E-state index contributed by atoms with van der Waals surface area (Å²) in [6.45, 7) is 0.526. The molecule has 1 aromatic carbocycles. The lowest BCUT2D eigenvalue weighted by Gasteiger charge is -2.03. The van der Waals surface area contributed by atoms with E-state index in [1.807, 2.05) is 0 Å². The normalized spacial score (nSPS) is 10.3. The number of hydrogen-bond donors (Lipinski definition) is 3. The van der Waals surface area contributed by atoms with Crippen LogP contribution >= 0.6 is 11.3 Å². The molecule has 0 saturated heterocycles. The number of halogens is 1. The number of carbonyl (C=O) groups is 1. The number of rotatable bonds is 4. The van der Waals surface area contributed by atoms with E-state index in [1.165, 1.54) is 23.5 Å². The van der Waals surface area contributed by atoms with Gasteiger partial charge in [-0.3, -0.25) is 4.79 Å². The lowest BCUT2D eigenvalue weighted by atomic mass is 10.2. The van der Waals surface area contributed by atoms with Crippen molar-refractivity contribution < 1.29 is 9.18 Å². The third-order valence-corrected chi connectivity index (χ3v) is 3.49. The summed E-state index contributed by atoms with van der Waals surface area (Å²) in [5.74, 6) is -0.803. The second kappa shape index (κ2) is 5.05. The molecule has 2 aromatic rings. The van der Waals surface area contributed by atoms with Crippen molar-refractivity contribution in [2.75, 3.05) is 11.1 Å². The fourth-order valence-electron chi connectivity index (χ4n) is 1.48. The van der Waals surface area contributed by atoms with Crippen LogP contribution in [-0.4, -0.2) is 5.91 Å². The SMILES string of the molecule is NC(=O)c1sc(NCc2ccc(F)cc2)cc1N. The maximum absolute atomic E-state index is 12.7. The molecule has 0 aliphatic carbocycles. The van der Waals surface area contributed by atoms with Gasteiger partial charge >= 0.3 is 0 Å². The Balaban J connectivity index is 2.04. The number of hydrogen-bond acceptors (Lipinski definition) is 4. The van der Waals surface area contributed by atoms with Gasteiger partial charge in [0.25, 0.3) is 5.91 Å². The van der Waals surface area contributed by atoms with E-state index in [1.54, 1.807) is 18.2 Å². The van der Waals surface area contributed by atoms with Crippen molar-refractivity contribution in [3.8, 4) is 0 Å². The van der Waals surface area contributed by atoms with E-state index in [9.17, 15) is 9.18 Å². The number of nitrogens with two attached hydrogens (primary N) is 2. The van der Waals surface area contributed by atoms with Crippen LogP contribution < -0.4 is 16.8 Å². The molecule has 18 heavy (non-hydrogen) atoms. The van der Waals surface area contributed by atoms with Crippen molar-refractivity contribution in [2.45, 2.75) is 6.54 Å². The van der Waals surface area contributed by atoms with Gasteiger partial charge in [0.1, 0.15) is 10.7 Å². The number of benzene rings is 1. The van der Waals surface area contributed by atoms with Gasteiger partial charge in [-0.25, -0.2) is 4.39 Å². The zero-order valence-corrected chi connectivity index (χ0v) is 10.3. The molecule has 0 aliphatic heterocycles. The molecule has 0 aliphatic rings. The average molecular weight is 265 g/mol. The van der Waals surface area contributed by atoms with Crippen LogP contribution in [-0.2, 0) is 6.54 Å². The highest BCUT2D eigenvalue weighted by molar-refractivity contribution is 7.18. The molecular weight excluding hydrogens is 253 g/mol. The predicted octanol–water partition coefficient (Wildman–Crippen LogP) is 2.18. The number of nitrogens with one attached hydrogen (secondary N) is 1. The molecule has 0 bridgehead atoms. The highest BCUT2D eigenvalue weighted by atomic mass is 32.1. The van der Waals surface area contributed by atoms with Crippen LogP contribution in [0.5, 0.6) is 0 Å². The Morgan fingerprint density at radius 2 is 2.00 bits per heavy atom. The van der Waals surface area contributed by atoms with Crippen LogP contribution in [0, 0.1) is 5.82 Å². The fourth-order valence-corrected chi connectivity index (χ4v) is 2.30. The second-order valence-corrected chi connectivity index (χ2v) is 4.79. The first-order chi connectivity index (χ1) is 8.56. The molecule has 1 aromatic heterocycles. The molecule has 1 heterocycles. The molecule has 2 rings (SSSR count). The van der Waals surface area contributed by atoms with Gasteiger partial charge < -0.3 is 16.8 Å². The van der Waals surface area contributed by atoms with Crippen molar-refractivity contribution in [1.82, 2.24) is 0 Å². The number of primary amides is 1. The third kappa shape index (κ3) is 2.78. The molecule has 0 unspecified atom stereocenters. The summed E-state index contributed by atoms with van der Waals surface area (Å²) in [6, 6.07) is 7.83. The molecule has 0 spiro atoms. The number of carbonyl (C=O) groups excluding carboxylic acids is 1. The van der Waals surface area contributed by atoms with Crippen molar-refractivity contribution in [3.05, 3.63) is 46.6 Å². The van der Waals surface area contributed by atoms with Crippen molar-refractivity contribution in [2.24, 2.45) is 5.73 Å². The summed E-state index contributed by atoms with van der Waals surface area (Å²) < 4.78 is 12.7. The van der Waals surface area contributed by atoms with E-state index in [0.29, 0.717) is 17.1 Å². The third-order valence-electron chi connectivity index (χ3n) is 2.36. The molecule has 6 heteroatoms. The highest BCUT2D eigenvalue weighted by Gasteiger charge is 2.10. The molecule has 0 fully saturated rings. The van der Waals surface area contributed by atoms with Gasteiger partial charge in [-0.15, -0.1) is 11.3 Å². The Morgan fingerprint density at radius 1 is 1.33 bits per heavy atom. The maximum Gasteiger partial charge on any atom is 0.260 e. The maximum atomic E-state index is 12.7. The first kappa shape index (κ1) is 12.4. The zero-order valence-electron chi connectivity index (χ0n) is 9.44. The lowest BCUT2D eigenvalue weighted by molar-refractivity contribution is 0.100. The van der Waals surface area contributed by atoms with Crippen LogP contribution in [0.1, 0.15) is 15.2 Å². The molecule has 1 amide bonds. The Bertz CT molecular complexity index is 565. The summed E-state index contributed by atoms with van der Waals surface area (Å²) in [5, 5.41) is 3.86. The molecule has 0 radical (unpaired) electrons. The summed E-state index contributed by atoms with van der Waals surface area (Å²) >= 11 is 1.21. The number of amides is 1. The topological polar surface area (TPSA) is 81.1 Å². The summed E-state index contributed by atoms with van der Waals surface area (Å²) in [4.78, 5) is 11.4. The Hall–Kier alpha value is -2.08. The predicted molar refractivity (Wildman–Crippen MR) is 71.0 cm³/mol. The summed E-state index contributed by atoms with van der Waals surface area (Å²) in [6.07, 6.45) is 0. The Labute approximate surface area is 107 Å². The molecule has 4 nitrogen and oxygen atoms in total. The van der Waals surface area contributed by atoms with Gasteiger partial charge in [0, 0.05) is 6.54 Å². The Morgan fingerprint density at radius 3 is 2.56 bits per heavy atom. The van der Waals surface area contributed by atoms with Crippen molar-refractivity contribution >= 4 is 27.9 Å². The first-order valence-corrected chi connectivity index (χ1v) is 6.05. The number of anilines is 2.